The highest BCUT2D eigenvalue weighted by Crippen LogP contribution is 2.25. The summed E-state index contributed by atoms with van der Waals surface area (Å²) >= 11 is 0. The number of amides is 1. The molecule has 3 nitrogen and oxygen atoms in total. The van der Waals surface area contributed by atoms with Gasteiger partial charge in [-0.15, -0.1) is 0 Å². The molecule has 15 heavy (non-hydrogen) atoms. The van der Waals surface area contributed by atoms with E-state index in [2.05, 4.69) is 16.4 Å². The molecule has 0 bridgehead atoms. The van der Waals surface area contributed by atoms with Crippen LogP contribution in [0.25, 0.3) is 10.9 Å². The standard InChI is InChI=1S/C12H10N2O/c15-12-6-11(14-12)9-5-8-3-1-2-4-10(8)13-7-9/h1-5,7,11H,6H2,(H,14,15). The molecular weight excluding hydrogens is 188 g/mol. The van der Waals surface area contributed by atoms with Gasteiger partial charge in [0.2, 0.25) is 5.91 Å². The predicted molar refractivity (Wildman–Crippen MR) is 57.2 cm³/mol. The van der Waals surface area contributed by atoms with Crippen LogP contribution in [0.15, 0.2) is 36.5 Å². The van der Waals surface area contributed by atoms with Gasteiger partial charge in [0, 0.05) is 11.6 Å². The molecule has 1 atom stereocenters. The molecule has 1 aromatic heterocycles. The largest absolute Gasteiger partial charge is 0.349 e. The summed E-state index contributed by atoms with van der Waals surface area (Å²) in [4.78, 5) is 15.2. The Balaban J connectivity index is 2.03. The quantitative estimate of drug-likeness (QED) is 0.710. The van der Waals surface area contributed by atoms with E-state index in [-0.39, 0.29) is 11.9 Å². The fraction of sp³-hybridized carbons (Fsp3) is 0.167. The van der Waals surface area contributed by atoms with Gasteiger partial charge in [0.1, 0.15) is 0 Å². The minimum absolute atomic E-state index is 0.119. The summed E-state index contributed by atoms with van der Waals surface area (Å²) < 4.78 is 0. The van der Waals surface area contributed by atoms with E-state index in [1.165, 1.54) is 0 Å². The predicted octanol–water partition coefficient (Wildman–Crippen LogP) is 1.80. The number of nitrogens with zero attached hydrogens (tertiary/aromatic N) is 1. The summed E-state index contributed by atoms with van der Waals surface area (Å²) in [7, 11) is 0. The van der Waals surface area contributed by atoms with Crippen molar-refractivity contribution in [1.82, 2.24) is 10.3 Å². The minimum atomic E-state index is 0.119. The van der Waals surface area contributed by atoms with Gasteiger partial charge < -0.3 is 5.32 Å². The van der Waals surface area contributed by atoms with Gasteiger partial charge in [0.25, 0.3) is 0 Å². The number of pyridine rings is 1. The molecule has 74 valence electrons. The number of benzene rings is 1. The van der Waals surface area contributed by atoms with Crippen LogP contribution in [0.4, 0.5) is 0 Å². The summed E-state index contributed by atoms with van der Waals surface area (Å²) in [6.45, 7) is 0. The molecule has 2 heterocycles. The van der Waals surface area contributed by atoms with Gasteiger partial charge in [-0.1, -0.05) is 18.2 Å². The van der Waals surface area contributed by atoms with Crippen LogP contribution in [0.5, 0.6) is 0 Å². The van der Waals surface area contributed by atoms with Crippen LogP contribution >= 0.6 is 0 Å². The Kier molecular flexibility index (Phi) is 1.71. The zero-order valence-electron chi connectivity index (χ0n) is 8.10. The Morgan fingerprint density at radius 2 is 2.13 bits per heavy atom. The maximum Gasteiger partial charge on any atom is 0.222 e. The molecule has 0 radical (unpaired) electrons. The number of nitrogens with one attached hydrogen (secondary N) is 1. The molecule has 1 unspecified atom stereocenters. The van der Waals surface area contributed by atoms with Crippen LogP contribution < -0.4 is 5.32 Å². The van der Waals surface area contributed by atoms with Gasteiger partial charge in [-0.3, -0.25) is 9.78 Å². The molecule has 1 saturated heterocycles. The maximum atomic E-state index is 10.8. The molecule has 1 aliphatic rings. The normalized spacial score (nSPS) is 19.7. The summed E-state index contributed by atoms with van der Waals surface area (Å²) in [6, 6.07) is 10.2. The number of hydrogen-bond acceptors (Lipinski definition) is 2. The Hall–Kier alpha value is -1.90. The molecule has 0 saturated carbocycles. The average Bonchev–Trinajstić information content (AvgIpc) is 2.24. The molecular formula is C12H10N2O. The monoisotopic (exact) mass is 198 g/mol. The highest BCUT2D eigenvalue weighted by atomic mass is 16.2. The zero-order chi connectivity index (χ0) is 10.3. The lowest BCUT2D eigenvalue weighted by Crippen LogP contribution is -2.41. The van der Waals surface area contributed by atoms with Crippen LogP contribution in [0, 0.1) is 0 Å². The SMILES string of the molecule is O=C1CC(c2cnc3ccccc3c2)N1. The second kappa shape index (κ2) is 3.05. The van der Waals surface area contributed by atoms with Gasteiger partial charge in [0.15, 0.2) is 0 Å². The van der Waals surface area contributed by atoms with Crippen molar-refractivity contribution in [3.8, 4) is 0 Å². The summed E-state index contributed by atoms with van der Waals surface area (Å²) in [6.07, 6.45) is 2.42. The lowest BCUT2D eigenvalue weighted by atomic mass is 9.98. The van der Waals surface area contributed by atoms with Gasteiger partial charge in [-0.25, -0.2) is 0 Å². The Bertz CT molecular complexity index is 528. The van der Waals surface area contributed by atoms with Crippen molar-refractivity contribution >= 4 is 16.8 Å². The van der Waals surface area contributed by atoms with E-state index in [0.29, 0.717) is 6.42 Å². The summed E-state index contributed by atoms with van der Waals surface area (Å²) in [5.41, 5.74) is 2.08. The first kappa shape index (κ1) is 8.41. The number of carbonyl (C=O) groups excluding carboxylic acids is 1. The molecule has 1 fully saturated rings. The van der Waals surface area contributed by atoms with Crippen molar-refractivity contribution in [3.05, 3.63) is 42.1 Å². The first-order chi connectivity index (χ1) is 7.33. The molecule has 1 amide bonds. The van der Waals surface area contributed by atoms with E-state index in [4.69, 9.17) is 0 Å². The van der Waals surface area contributed by atoms with Crippen LogP contribution in [0.3, 0.4) is 0 Å². The van der Waals surface area contributed by atoms with Crippen LogP contribution in [-0.2, 0) is 4.79 Å². The molecule has 1 N–H and O–H groups in total. The van der Waals surface area contributed by atoms with E-state index >= 15 is 0 Å². The minimum Gasteiger partial charge on any atom is -0.349 e. The average molecular weight is 198 g/mol. The molecule has 0 aliphatic carbocycles. The Morgan fingerprint density at radius 3 is 2.93 bits per heavy atom. The number of aromatic nitrogens is 1. The molecule has 0 spiro atoms. The lowest BCUT2D eigenvalue weighted by Gasteiger charge is -2.27. The van der Waals surface area contributed by atoms with E-state index in [1.54, 1.807) is 0 Å². The molecule has 1 aromatic carbocycles. The van der Waals surface area contributed by atoms with Crippen molar-refractivity contribution in [2.45, 2.75) is 12.5 Å². The number of hydrogen-bond donors (Lipinski definition) is 1. The van der Waals surface area contributed by atoms with Crippen molar-refractivity contribution in [2.24, 2.45) is 0 Å². The van der Waals surface area contributed by atoms with Gasteiger partial charge >= 0.3 is 0 Å². The maximum absolute atomic E-state index is 10.8. The topological polar surface area (TPSA) is 42.0 Å². The number of carbonyl (C=O) groups is 1. The highest BCUT2D eigenvalue weighted by Gasteiger charge is 2.26. The van der Waals surface area contributed by atoms with Gasteiger partial charge in [-0.2, -0.15) is 0 Å². The first-order valence-electron chi connectivity index (χ1n) is 4.97. The first-order valence-corrected chi connectivity index (χ1v) is 4.97. The van der Waals surface area contributed by atoms with E-state index in [9.17, 15) is 4.79 Å². The Morgan fingerprint density at radius 1 is 1.33 bits per heavy atom. The highest BCUT2D eigenvalue weighted by molar-refractivity contribution is 5.84. The smallest absolute Gasteiger partial charge is 0.222 e. The third-order valence-corrected chi connectivity index (χ3v) is 2.74. The van der Waals surface area contributed by atoms with Crippen molar-refractivity contribution < 1.29 is 4.79 Å². The third-order valence-electron chi connectivity index (χ3n) is 2.74. The second-order valence-electron chi connectivity index (χ2n) is 3.79. The third kappa shape index (κ3) is 1.36. The van der Waals surface area contributed by atoms with Crippen LogP contribution in [0.1, 0.15) is 18.0 Å². The Labute approximate surface area is 87.1 Å². The lowest BCUT2D eigenvalue weighted by molar-refractivity contribution is -0.128. The fourth-order valence-corrected chi connectivity index (χ4v) is 1.84. The van der Waals surface area contributed by atoms with Crippen molar-refractivity contribution in [1.29, 1.82) is 0 Å². The number of para-hydroxylation sites is 1. The van der Waals surface area contributed by atoms with E-state index in [0.717, 1.165) is 16.5 Å². The van der Waals surface area contributed by atoms with Crippen molar-refractivity contribution in [2.75, 3.05) is 0 Å². The number of rotatable bonds is 1. The molecule has 3 rings (SSSR count). The van der Waals surface area contributed by atoms with Gasteiger partial charge in [-0.05, 0) is 17.7 Å². The van der Waals surface area contributed by atoms with Crippen molar-refractivity contribution in [3.63, 3.8) is 0 Å². The zero-order valence-corrected chi connectivity index (χ0v) is 8.10. The van der Waals surface area contributed by atoms with Gasteiger partial charge in [0.05, 0.1) is 18.0 Å². The molecule has 2 aromatic rings. The number of β-lactam (4-membered cyclic amide) rings is 1. The van der Waals surface area contributed by atoms with Crippen LogP contribution in [-0.4, -0.2) is 10.9 Å². The summed E-state index contributed by atoms with van der Waals surface area (Å²) in [5.74, 6) is 0.119. The van der Waals surface area contributed by atoms with Crippen LogP contribution in [0.2, 0.25) is 0 Å². The molecule has 1 aliphatic heterocycles. The summed E-state index contributed by atoms with van der Waals surface area (Å²) in [5, 5.41) is 3.97. The molecule has 3 heteroatoms. The second-order valence-corrected chi connectivity index (χ2v) is 3.79. The van der Waals surface area contributed by atoms with E-state index in [1.807, 2.05) is 30.5 Å². The van der Waals surface area contributed by atoms with E-state index < -0.39 is 0 Å². The fourth-order valence-electron chi connectivity index (χ4n) is 1.84. The number of fused-ring (bicyclic) bond motifs is 1.